The normalized spacial score (nSPS) is 12.0. The molecule has 0 spiro atoms. The van der Waals surface area contributed by atoms with Crippen molar-refractivity contribution in [3.05, 3.63) is 112 Å². The Bertz CT molecular complexity index is 1610. The summed E-state index contributed by atoms with van der Waals surface area (Å²) in [5.74, 6) is -1.69. The number of nitrogens with one attached hydrogen (secondary N) is 1. The monoisotopic (exact) mass is 531 g/mol. The molecule has 2 heterocycles. The summed E-state index contributed by atoms with van der Waals surface area (Å²) in [6, 6.07) is 13.8. The molecule has 5 rings (SSSR count). The van der Waals surface area contributed by atoms with E-state index >= 15 is 0 Å². The van der Waals surface area contributed by atoms with Crippen LogP contribution < -0.4 is 5.32 Å². The zero-order valence-corrected chi connectivity index (χ0v) is 21.5. The van der Waals surface area contributed by atoms with Crippen LogP contribution in [0.15, 0.2) is 73.4 Å². The molecule has 38 heavy (non-hydrogen) atoms. The highest BCUT2D eigenvalue weighted by Gasteiger charge is 2.22. The number of aromatic nitrogens is 4. The summed E-state index contributed by atoms with van der Waals surface area (Å²) in [6.45, 7) is 4.03. The first-order chi connectivity index (χ1) is 18.3. The van der Waals surface area contributed by atoms with Gasteiger partial charge in [-0.2, -0.15) is 0 Å². The minimum atomic E-state index is -0.698. The van der Waals surface area contributed by atoms with Crippen molar-refractivity contribution in [3.63, 3.8) is 0 Å². The maximum absolute atomic E-state index is 14.0. The van der Waals surface area contributed by atoms with Crippen LogP contribution in [0.3, 0.4) is 0 Å². The lowest BCUT2D eigenvalue weighted by Crippen LogP contribution is -2.33. The number of hydrogen-bond acceptors (Lipinski definition) is 4. The van der Waals surface area contributed by atoms with Crippen molar-refractivity contribution < 1.29 is 13.6 Å². The Hall–Kier alpha value is -4.17. The maximum Gasteiger partial charge on any atom is 0.240 e. The van der Waals surface area contributed by atoms with Gasteiger partial charge < -0.3 is 9.88 Å². The van der Waals surface area contributed by atoms with Crippen LogP contribution in [0.5, 0.6) is 0 Å². The van der Waals surface area contributed by atoms with Gasteiger partial charge in [0.15, 0.2) is 0 Å². The van der Waals surface area contributed by atoms with E-state index in [9.17, 15) is 13.6 Å². The van der Waals surface area contributed by atoms with Gasteiger partial charge in [-0.05, 0) is 78.9 Å². The fraction of sp³-hybridized carbons (Fsp3) is 0.172. The summed E-state index contributed by atoms with van der Waals surface area (Å²) in [5, 5.41) is 3.60. The van der Waals surface area contributed by atoms with Crippen molar-refractivity contribution in [2.45, 2.75) is 32.9 Å². The van der Waals surface area contributed by atoms with E-state index in [0.717, 1.165) is 33.8 Å². The molecule has 6 nitrogen and oxygen atoms in total. The van der Waals surface area contributed by atoms with Crippen molar-refractivity contribution in [3.8, 4) is 11.1 Å². The van der Waals surface area contributed by atoms with Crippen LogP contribution in [0.25, 0.3) is 22.2 Å². The topological polar surface area (TPSA) is 72.7 Å². The lowest BCUT2D eigenvalue weighted by atomic mass is 9.96. The summed E-state index contributed by atoms with van der Waals surface area (Å²) in [5.41, 5.74) is 6.22. The molecule has 0 saturated carbocycles. The molecular formula is C29H24ClF2N5O. The van der Waals surface area contributed by atoms with Crippen LogP contribution in [-0.2, 0) is 17.8 Å². The number of hydrogen-bond donors (Lipinski definition) is 1. The lowest BCUT2D eigenvalue weighted by Gasteiger charge is -2.21. The molecule has 0 aliphatic carbocycles. The lowest BCUT2D eigenvalue weighted by molar-refractivity contribution is -0.122. The van der Waals surface area contributed by atoms with E-state index in [1.165, 1.54) is 18.5 Å². The smallest absolute Gasteiger partial charge is 0.240 e. The fourth-order valence-corrected chi connectivity index (χ4v) is 4.61. The highest BCUT2D eigenvalue weighted by molar-refractivity contribution is 6.30. The van der Waals surface area contributed by atoms with Crippen LogP contribution >= 0.6 is 11.6 Å². The molecule has 1 atom stereocenters. The molecule has 0 unspecified atom stereocenters. The molecule has 9 heteroatoms. The highest BCUT2D eigenvalue weighted by Crippen LogP contribution is 2.29. The van der Waals surface area contributed by atoms with E-state index in [2.05, 4.69) is 20.3 Å². The number of halogens is 3. The van der Waals surface area contributed by atoms with Gasteiger partial charge in [0, 0.05) is 22.8 Å². The average molecular weight is 532 g/mol. The minimum absolute atomic E-state index is 0.00831. The second kappa shape index (κ2) is 10.7. The fourth-order valence-electron chi connectivity index (χ4n) is 4.48. The Kier molecular flexibility index (Phi) is 7.15. The van der Waals surface area contributed by atoms with Crippen LogP contribution in [0, 0.1) is 25.5 Å². The predicted molar refractivity (Wildman–Crippen MR) is 143 cm³/mol. The molecule has 5 aromatic rings. The first-order valence-electron chi connectivity index (χ1n) is 12.0. The first kappa shape index (κ1) is 25.5. The van der Waals surface area contributed by atoms with Gasteiger partial charge in [-0.25, -0.2) is 23.7 Å². The van der Waals surface area contributed by atoms with E-state index in [0.29, 0.717) is 21.8 Å². The Labute approximate surface area is 223 Å². The number of rotatable bonds is 7. The molecule has 0 saturated heterocycles. The van der Waals surface area contributed by atoms with Crippen LogP contribution in [0.1, 0.15) is 28.4 Å². The standard InChI is InChI=1S/C29H24ClF2N5O/c1-17-7-25-27(8-18(17)2)37(16-35-25)14-28(38)36-26(11-19-9-22(31)12-23(32)10-19)29-24(13-33-15-34-29)20-3-5-21(30)6-4-20/h3-10,12-13,15-16,26H,11,14H2,1-2H3,(H,36,38)/t26-/m0/s1. The maximum atomic E-state index is 14.0. The Morgan fingerprint density at radius 3 is 2.45 bits per heavy atom. The summed E-state index contributed by atoms with van der Waals surface area (Å²) < 4.78 is 29.8. The number of benzene rings is 3. The van der Waals surface area contributed by atoms with Crippen molar-refractivity contribution in [1.29, 1.82) is 0 Å². The number of carbonyl (C=O) groups is 1. The van der Waals surface area contributed by atoms with Gasteiger partial charge in [0.05, 0.1) is 29.1 Å². The summed E-state index contributed by atoms with van der Waals surface area (Å²) in [7, 11) is 0. The van der Waals surface area contributed by atoms with Gasteiger partial charge in [-0.1, -0.05) is 23.7 Å². The summed E-state index contributed by atoms with van der Waals surface area (Å²) >= 11 is 6.07. The quantitative estimate of drug-likeness (QED) is 0.274. The second-order valence-electron chi connectivity index (χ2n) is 9.23. The molecule has 1 amide bonds. The molecule has 0 bridgehead atoms. The molecule has 0 aliphatic heterocycles. The average Bonchev–Trinajstić information content (AvgIpc) is 3.24. The van der Waals surface area contributed by atoms with E-state index in [-0.39, 0.29) is 18.9 Å². The van der Waals surface area contributed by atoms with Crippen LogP contribution in [-0.4, -0.2) is 25.4 Å². The van der Waals surface area contributed by atoms with Gasteiger partial charge in [0.2, 0.25) is 5.91 Å². The molecular weight excluding hydrogens is 508 g/mol. The van der Waals surface area contributed by atoms with E-state index in [4.69, 9.17) is 11.6 Å². The Morgan fingerprint density at radius 1 is 1.00 bits per heavy atom. The third kappa shape index (κ3) is 5.55. The number of fused-ring (bicyclic) bond motifs is 1. The minimum Gasteiger partial charge on any atom is -0.346 e. The number of nitrogens with zero attached hydrogens (tertiary/aromatic N) is 4. The Morgan fingerprint density at radius 2 is 1.71 bits per heavy atom. The van der Waals surface area contributed by atoms with Gasteiger partial charge >= 0.3 is 0 Å². The van der Waals surface area contributed by atoms with Crippen molar-refractivity contribution in [2.24, 2.45) is 0 Å². The number of aryl methyl sites for hydroxylation is 2. The largest absolute Gasteiger partial charge is 0.346 e. The van der Waals surface area contributed by atoms with E-state index in [1.54, 1.807) is 29.2 Å². The number of imidazole rings is 1. The third-order valence-electron chi connectivity index (χ3n) is 6.48. The van der Waals surface area contributed by atoms with Crippen LogP contribution in [0.2, 0.25) is 5.02 Å². The molecule has 0 radical (unpaired) electrons. The van der Waals surface area contributed by atoms with E-state index in [1.807, 2.05) is 38.1 Å². The highest BCUT2D eigenvalue weighted by atomic mass is 35.5. The van der Waals surface area contributed by atoms with Crippen molar-refractivity contribution in [1.82, 2.24) is 24.8 Å². The molecule has 192 valence electrons. The predicted octanol–water partition coefficient (Wildman–Crippen LogP) is 6.14. The van der Waals surface area contributed by atoms with Gasteiger partial charge in [0.1, 0.15) is 24.5 Å². The zero-order chi connectivity index (χ0) is 26.8. The van der Waals surface area contributed by atoms with Crippen molar-refractivity contribution >= 4 is 28.5 Å². The molecule has 0 aliphatic rings. The number of carbonyl (C=O) groups excluding carboxylic acids is 1. The van der Waals surface area contributed by atoms with Gasteiger partial charge in [-0.3, -0.25) is 4.79 Å². The molecule has 2 aromatic heterocycles. The molecule has 0 fully saturated rings. The van der Waals surface area contributed by atoms with Gasteiger partial charge in [0.25, 0.3) is 0 Å². The molecule has 1 N–H and O–H groups in total. The second-order valence-corrected chi connectivity index (χ2v) is 9.66. The zero-order valence-electron chi connectivity index (χ0n) is 20.8. The summed E-state index contributed by atoms with van der Waals surface area (Å²) in [4.78, 5) is 26.4. The summed E-state index contributed by atoms with van der Waals surface area (Å²) in [6.07, 6.45) is 4.77. The molecule has 3 aromatic carbocycles. The van der Waals surface area contributed by atoms with Crippen molar-refractivity contribution in [2.75, 3.05) is 0 Å². The SMILES string of the molecule is Cc1cc2ncn(CC(=O)N[C@@H](Cc3cc(F)cc(F)c3)c3ncncc3-c3ccc(Cl)cc3)c2cc1C. The van der Waals surface area contributed by atoms with Crippen LogP contribution in [0.4, 0.5) is 8.78 Å². The Balaban J connectivity index is 1.49. The van der Waals surface area contributed by atoms with E-state index < -0.39 is 17.7 Å². The van der Waals surface area contributed by atoms with Gasteiger partial charge in [-0.15, -0.1) is 0 Å². The third-order valence-corrected chi connectivity index (χ3v) is 6.73. The number of amides is 1. The first-order valence-corrected chi connectivity index (χ1v) is 12.4.